The first-order valence-electron chi connectivity index (χ1n) is 5.60. The number of rotatable bonds is 7. The maximum Gasteiger partial charge on any atom is 0.161 e. The van der Waals surface area contributed by atoms with Gasteiger partial charge in [0.25, 0.3) is 0 Å². The number of nitriles is 1. The van der Waals surface area contributed by atoms with E-state index in [2.05, 4.69) is 11.4 Å². The minimum atomic E-state index is 0.596. The summed E-state index contributed by atoms with van der Waals surface area (Å²) in [5.41, 5.74) is 1.14. The topological polar surface area (TPSA) is 54.3 Å². The van der Waals surface area contributed by atoms with Crippen molar-refractivity contribution in [2.24, 2.45) is 0 Å². The zero-order valence-electron chi connectivity index (χ0n) is 10.3. The summed E-state index contributed by atoms with van der Waals surface area (Å²) in [5, 5.41) is 11.7. The van der Waals surface area contributed by atoms with Crippen molar-refractivity contribution in [3.8, 4) is 17.6 Å². The molecule has 1 rings (SSSR count). The van der Waals surface area contributed by atoms with Crippen LogP contribution in [0.25, 0.3) is 0 Å². The Labute approximate surface area is 102 Å². The second-order valence-electron chi connectivity index (χ2n) is 3.63. The highest BCUT2D eigenvalue weighted by molar-refractivity contribution is 5.42. The van der Waals surface area contributed by atoms with Crippen molar-refractivity contribution in [1.29, 1.82) is 5.26 Å². The number of hydrogen-bond donors (Lipinski definition) is 1. The minimum absolute atomic E-state index is 0.596. The zero-order valence-corrected chi connectivity index (χ0v) is 10.3. The van der Waals surface area contributed by atoms with Crippen LogP contribution in [-0.4, -0.2) is 20.8 Å². The molecular weight excluding hydrogens is 216 g/mol. The van der Waals surface area contributed by atoms with Crippen LogP contribution in [0.15, 0.2) is 18.2 Å². The lowest BCUT2D eigenvalue weighted by Crippen LogP contribution is -2.14. The Kier molecular flexibility index (Phi) is 5.91. The zero-order chi connectivity index (χ0) is 12.5. The number of hydrogen-bond acceptors (Lipinski definition) is 4. The Morgan fingerprint density at radius 2 is 2.00 bits per heavy atom. The molecule has 0 saturated carbocycles. The summed E-state index contributed by atoms with van der Waals surface area (Å²) in [6, 6.07) is 7.97. The van der Waals surface area contributed by atoms with Crippen LogP contribution < -0.4 is 14.8 Å². The number of benzene rings is 1. The van der Waals surface area contributed by atoms with Gasteiger partial charge in [0.2, 0.25) is 0 Å². The molecule has 4 nitrogen and oxygen atoms in total. The van der Waals surface area contributed by atoms with E-state index in [1.54, 1.807) is 14.2 Å². The van der Waals surface area contributed by atoms with Gasteiger partial charge in [0, 0.05) is 13.0 Å². The van der Waals surface area contributed by atoms with Crippen LogP contribution in [0.3, 0.4) is 0 Å². The Balaban J connectivity index is 2.46. The summed E-state index contributed by atoms with van der Waals surface area (Å²) in [5.74, 6) is 1.48. The molecule has 0 unspecified atom stereocenters. The molecule has 0 radical (unpaired) electrons. The van der Waals surface area contributed by atoms with Gasteiger partial charge in [-0.3, -0.25) is 0 Å². The van der Waals surface area contributed by atoms with Crippen molar-refractivity contribution in [2.45, 2.75) is 19.4 Å². The first kappa shape index (κ1) is 13.3. The normalized spacial score (nSPS) is 9.71. The highest BCUT2D eigenvalue weighted by Crippen LogP contribution is 2.27. The summed E-state index contributed by atoms with van der Waals surface area (Å²) in [6.07, 6.45) is 1.47. The van der Waals surface area contributed by atoms with E-state index >= 15 is 0 Å². The van der Waals surface area contributed by atoms with Crippen LogP contribution in [0.1, 0.15) is 18.4 Å². The van der Waals surface area contributed by atoms with E-state index in [9.17, 15) is 0 Å². The fraction of sp³-hybridized carbons (Fsp3) is 0.462. The van der Waals surface area contributed by atoms with Crippen LogP contribution >= 0.6 is 0 Å². The van der Waals surface area contributed by atoms with Crippen LogP contribution in [-0.2, 0) is 6.54 Å². The summed E-state index contributed by atoms with van der Waals surface area (Å²) in [6.45, 7) is 1.62. The monoisotopic (exact) mass is 234 g/mol. The number of ether oxygens (including phenoxy) is 2. The molecule has 0 atom stereocenters. The van der Waals surface area contributed by atoms with Crippen LogP contribution in [0.4, 0.5) is 0 Å². The SMILES string of the molecule is COc1ccc(CNCCCC#N)cc1OC. The van der Waals surface area contributed by atoms with E-state index < -0.39 is 0 Å². The number of nitrogens with one attached hydrogen (secondary N) is 1. The van der Waals surface area contributed by atoms with Gasteiger partial charge in [0.1, 0.15) is 0 Å². The molecule has 1 aromatic carbocycles. The predicted molar refractivity (Wildman–Crippen MR) is 66.1 cm³/mol. The van der Waals surface area contributed by atoms with E-state index in [0.29, 0.717) is 6.42 Å². The molecule has 17 heavy (non-hydrogen) atoms. The second kappa shape index (κ2) is 7.53. The van der Waals surface area contributed by atoms with Crippen molar-refractivity contribution in [2.75, 3.05) is 20.8 Å². The van der Waals surface area contributed by atoms with Crippen LogP contribution in [0.2, 0.25) is 0 Å². The van der Waals surface area contributed by atoms with E-state index in [1.165, 1.54) is 0 Å². The molecule has 0 amide bonds. The average molecular weight is 234 g/mol. The molecule has 4 heteroatoms. The standard InChI is InChI=1S/C13H18N2O2/c1-16-12-6-5-11(9-13(12)17-2)10-15-8-4-3-7-14/h5-6,9,15H,3-4,8,10H2,1-2H3. The van der Waals surface area contributed by atoms with Crippen molar-refractivity contribution in [1.82, 2.24) is 5.32 Å². The van der Waals surface area contributed by atoms with Crippen molar-refractivity contribution < 1.29 is 9.47 Å². The van der Waals surface area contributed by atoms with Crippen molar-refractivity contribution in [3.05, 3.63) is 23.8 Å². The number of unbranched alkanes of at least 4 members (excludes halogenated alkanes) is 1. The fourth-order valence-corrected chi connectivity index (χ4v) is 1.52. The Morgan fingerprint density at radius 3 is 2.65 bits per heavy atom. The Hall–Kier alpha value is -1.73. The molecule has 0 bridgehead atoms. The lowest BCUT2D eigenvalue weighted by Gasteiger charge is -2.10. The number of nitrogens with zero attached hydrogens (tertiary/aromatic N) is 1. The van der Waals surface area contributed by atoms with Gasteiger partial charge in [0.15, 0.2) is 11.5 Å². The van der Waals surface area contributed by atoms with Gasteiger partial charge in [-0.25, -0.2) is 0 Å². The van der Waals surface area contributed by atoms with E-state index in [0.717, 1.165) is 36.6 Å². The first-order chi connectivity index (χ1) is 8.31. The van der Waals surface area contributed by atoms with Gasteiger partial charge in [-0.15, -0.1) is 0 Å². The second-order valence-corrected chi connectivity index (χ2v) is 3.63. The summed E-state index contributed by atoms with van der Waals surface area (Å²) in [7, 11) is 3.25. The molecule has 0 aliphatic heterocycles. The molecule has 0 aliphatic rings. The third-order valence-electron chi connectivity index (χ3n) is 2.42. The highest BCUT2D eigenvalue weighted by Gasteiger charge is 2.03. The van der Waals surface area contributed by atoms with Crippen molar-refractivity contribution in [3.63, 3.8) is 0 Å². The first-order valence-corrected chi connectivity index (χ1v) is 5.60. The molecular formula is C13H18N2O2. The number of methoxy groups -OCH3 is 2. The largest absolute Gasteiger partial charge is 0.493 e. The quantitative estimate of drug-likeness (QED) is 0.734. The Bertz CT molecular complexity index is 385. The smallest absolute Gasteiger partial charge is 0.161 e. The minimum Gasteiger partial charge on any atom is -0.493 e. The molecule has 0 aliphatic carbocycles. The maximum absolute atomic E-state index is 8.40. The van der Waals surface area contributed by atoms with E-state index in [-0.39, 0.29) is 0 Å². The summed E-state index contributed by atoms with van der Waals surface area (Å²) < 4.78 is 10.4. The molecule has 0 aromatic heterocycles. The third-order valence-corrected chi connectivity index (χ3v) is 2.42. The molecule has 1 N–H and O–H groups in total. The van der Waals surface area contributed by atoms with Gasteiger partial charge in [-0.2, -0.15) is 5.26 Å². The molecule has 0 fully saturated rings. The van der Waals surface area contributed by atoms with Gasteiger partial charge in [0.05, 0.1) is 20.3 Å². The summed E-state index contributed by atoms with van der Waals surface area (Å²) >= 11 is 0. The maximum atomic E-state index is 8.40. The Morgan fingerprint density at radius 1 is 1.24 bits per heavy atom. The molecule has 0 spiro atoms. The molecule has 0 saturated heterocycles. The van der Waals surface area contributed by atoms with Gasteiger partial charge >= 0.3 is 0 Å². The molecule has 0 heterocycles. The van der Waals surface area contributed by atoms with Gasteiger partial charge in [-0.05, 0) is 30.7 Å². The van der Waals surface area contributed by atoms with Crippen molar-refractivity contribution >= 4 is 0 Å². The third kappa shape index (κ3) is 4.33. The summed E-state index contributed by atoms with van der Waals surface area (Å²) in [4.78, 5) is 0. The lowest BCUT2D eigenvalue weighted by atomic mass is 10.2. The van der Waals surface area contributed by atoms with Crippen LogP contribution in [0.5, 0.6) is 11.5 Å². The lowest BCUT2D eigenvalue weighted by molar-refractivity contribution is 0.354. The highest BCUT2D eigenvalue weighted by atomic mass is 16.5. The average Bonchev–Trinajstić information content (AvgIpc) is 2.38. The predicted octanol–water partition coefficient (Wildman–Crippen LogP) is 2.10. The fourth-order valence-electron chi connectivity index (χ4n) is 1.52. The van der Waals surface area contributed by atoms with E-state index in [1.807, 2.05) is 18.2 Å². The molecule has 92 valence electrons. The van der Waals surface area contributed by atoms with Gasteiger partial charge in [-0.1, -0.05) is 6.07 Å². The van der Waals surface area contributed by atoms with E-state index in [4.69, 9.17) is 14.7 Å². The van der Waals surface area contributed by atoms with Crippen LogP contribution in [0, 0.1) is 11.3 Å². The molecule has 1 aromatic rings. The van der Waals surface area contributed by atoms with Gasteiger partial charge < -0.3 is 14.8 Å².